The molecule has 2 rings (SSSR count). The molecule has 0 aliphatic heterocycles. The van der Waals surface area contributed by atoms with Crippen molar-refractivity contribution in [3.8, 4) is 0 Å². The van der Waals surface area contributed by atoms with Crippen molar-refractivity contribution in [2.75, 3.05) is 0 Å². The normalized spacial score (nSPS) is 10.6. The lowest BCUT2D eigenvalue weighted by Crippen LogP contribution is -1.95. The zero-order chi connectivity index (χ0) is 10.1. The molecule has 3 heteroatoms. The largest absolute Gasteiger partial charge is 0.478 e. The van der Waals surface area contributed by atoms with Crippen LogP contribution >= 0.6 is 0 Å². The van der Waals surface area contributed by atoms with E-state index in [1.54, 1.807) is 18.4 Å². The van der Waals surface area contributed by atoms with Crippen LogP contribution in [-0.4, -0.2) is 11.1 Å². The highest BCUT2D eigenvalue weighted by atomic mass is 16.4. The smallest absolute Gasteiger partial charge is 0.339 e. The quantitative estimate of drug-likeness (QED) is 0.792. The van der Waals surface area contributed by atoms with E-state index >= 15 is 0 Å². The van der Waals surface area contributed by atoms with Gasteiger partial charge in [0.1, 0.15) is 11.1 Å². The van der Waals surface area contributed by atoms with Gasteiger partial charge in [-0.15, -0.1) is 0 Å². The van der Waals surface area contributed by atoms with Crippen molar-refractivity contribution in [3.05, 3.63) is 35.6 Å². The van der Waals surface area contributed by atoms with Crippen molar-refractivity contribution in [3.63, 3.8) is 0 Å². The van der Waals surface area contributed by atoms with E-state index in [9.17, 15) is 4.79 Å². The highest BCUT2D eigenvalue weighted by molar-refractivity contribution is 6.01. The molecule has 0 saturated heterocycles. The molecule has 0 bridgehead atoms. The summed E-state index contributed by atoms with van der Waals surface area (Å²) < 4.78 is 5.25. The number of hydrogen-bond acceptors (Lipinski definition) is 2. The second-order valence-electron chi connectivity index (χ2n) is 3.10. The van der Waals surface area contributed by atoms with Gasteiger partial charge >= 0.3 is 5.97 Å². The molecule has 1 aromatic carbocycles. The Kier molecular flexibility index (Phi) is 2.00. The summed E-state index contributed by atoms with van der Waals surface area (Å²) >= 11 is 0. The Morgan fingerprint density at radius 3 is 2.93 bits per heavy atom. The molecule has 2 aromatic rings. The molecule has 0 aliphatic carbocycles. The Balaban J connectivity index is 2.76. The summed E-state index contributed by atoms with van der Waals surface area (Å²) in [5, 5.41) is 9.80. The first-order valence-electron chi connectivity index (χ1n) is 4.46. The minimum absolute atomic E-state index is 0.224. The van der Waals surface area contributed by atoms with Gasteiger partial charge in [-0.3, -0.25) is 0 Å². The lowest BCUT2D eigenvalue weighted by atomic mass is 10.1. The zero-order valence-corrected chi connectivity index (χ0v) is 7.78. The first-order valence-corrected chi connectivity index (χ1v) is 4.46. The summed E-state index contributed by atoms with van der Waals surface area (Å²) in [5.41, 5.74) is 1.74. The van der Waals surface area contributed by atoms with Crippen molar-refractivity contribution in [2.24, 2.45) is 0 Å². The minimum Gasteiger partial charge on any atom is -0.478 e. The molecule has 0 saturated carbocycles. The van der Waals surface area contributed by atoms with E-state index in [-0.39, 0.29) is 5.56 Å². The summed E-state index contributed by atoms with van der Waals surface area (Å²) in [6, 6.07) is 5.16. The molecule has 0 atom stereocenters. The number of fused-ring (bicyclic) bond motifs is 1. The number of carboxylic acids is 1. The summed E-state index contributed by atoms with van der Waals surface area (Å²) in [6.07, 6.45) is 2.47. The van der Waals surface area contributed by atoms with E-state index in [1.165, 1.54) is 0 Å². The van der Waals surface area contributed by atoms with Crippen LogP contribution < -0.4 is 0 Å². The molecule has 0 aliphatic rings. The van der Waals surface area contributed by atoms with Crippen LogP contribution in [0.15, 0.2) is 28.9 Å². The topological polar surface area (TPSA) is 50.4 Å². The highest BCUT2D eigenvalue weighted by Gasteiger charge is 2.12. The zero-order valence-electron chi connectivity index (χ0n) is 7.78. The van der Waals surface area contributed by atoms with E-state index in [4.69, 9.17) is 9.52 Å². The first-order chi connectivity index (χ1) is 6.74. The molecule has 72 valence electrons. The molecule has 1 N–H and O–H groups in total. The number of carboxylic acid groups (broad SMARTS) is 1. The van der Waals surface area contributed by atoms with Crippen LogP contribution in [-0.2, 0) is 6.42 Å². The van der Waals surface area contributed by atoms with Crippen LogP contribution in [0, 0.1) is 0 Å². The van der Waals surface area contributed by atoms with Gasteiger partial charge in [0, 0.05) is 5.39 Å². The van der Waals surface area contributed by atoms with Crippen LogP contribution in [0.2, 0.25) is 0 Å². The van der Waals surface area contributed by atoms with Gasteiger partial charge in [0.2, 0.25) is 0 Å². The average molecular weight is 190 g/mol. The number of aromatic carboxylic acids is 1. The van der Waals surface area contributed by atoms with Gasteiger partial charge in [-0.05, 0) is 18.1 Å². The Labute approximate surface area is 81.0 Å². The second kappa shape index (κ2) is 3.18. The van der Waals surface area contributed by atoms with Crippen LogP contribution in [0.3, 0.4) is 0 Å². The van der Waals surface area contributed by atoms with Gasteiger partial charge in [-0.1, -0.05) is 19.1 Å². The standard InChI is InChI=1S/C11H10O3/c1-2-7-6-14-10-8(7)4-3-5-9(10)11(12)13/h3-6H,2H2,1H3,(H,12,13). The number of aryl methyl sites for hydroxylation is 1. The fourth-order valence-electron chi connectivity index (χ4n) is 1.55. The molecule has 3 nitrogen and oxygen atoms in total. The lowest BCUT2D eigenvalue weighted by molar-refractivity contribution is 0.0698. The summed E-state index contributed by atoms with van der Waals surface area (Å²) in [4.78, 5) is 10.9. The molecule has 1 aromatic heterocycles. The second-order valence-corrected chi connectivity index (χ2v) is 3.10. The first kappa shape index (κ1) is 8.81. The van der Waals surface area contributed by atoms with Gasteiger partial charge < -0.3 is 9.52 Å². The molecular formula is C11H10O3. The van der Waals surface area contributed by atoms with Crippen LogP contribution in [0.25, 0.3) is 11.0 Å². The molecule has 0 spiro atoms. The third-order valence-electron chi connectivity index (χ3n) is 2.29. The van der Waals surface area contributed by atoms with E-state index in [1.807, 2.05) is 13.0 Å². The maximum absolute atomic E-state index is 10.9. The van der Waals surface area contributed by atoms with Crippen LogP contribution in [0.4, 0.5) is 0 Å². The maximum Gasteiger partial charge on any atom is 0.339 e. The predicted molar refractivity (Wildman–Crippen MR) is 52.6 cm³/mol. The van der Waals surface area contributed by atoms with Crippen molar-refractivity contribution in [2.45, 2.75) is 13.3 Å². The third-order valence-corrected chi connectivity index (χ3v) is 2.29. The number of furan rings is 1. The molecule has 0 unspecified atom stereocenters. The average Bonchev–Trinajstić information content (AvgIpc) is 2.59. The van der Waals surface area contributed by atoms with E-state index in [2.05, 4.69) is 0 Å². The number of rotatable bonds is 2. The number of para-hydroxylation sites is 1. The number of carbonyl (C=O) groups is 1. The Hall–Kier alpha value is -1.77. The number of hydrogen-bond donors (Lipinski definition) is 1. The van der Waals surface area contributed by atoms with Gasteiger partial charge in [-0.25, -0.2) is 4.79 Å². The van der Waals surface area contributed by atoms with E-state index < -0.39 is 5.97 Å². The van der Waals surface area contributed by atoms with E-state index in [0.717, 1.165) is 17.4 Å². The van der Waals surface area contributed by atoms with Gasteiger partial charge in [0.05, 0.1) is 6.26 Å². The molecular weight excluding hydrogens is 180 g/mol. The lowest BCUT2D eigenvalue weighted by Gasteiger charge is -1.95. The monoisotopic (exact) mass is 190 g/mol. The minimum atomic E-state index is -0.951. The van der Waals surface area contributed by atoms with E-state index in [0.29, 0.717) is 5.58 Å². The van der Waals surface area contributed by atoms with Gasteiger partial charge in [0.25, 0.3) is 0 Å². The molecule has 0 fully saturated rings. The molecule has 0 radical (unpaired) electrons. The fourth-order valence-corrected chi connectivity index (χ4v) is 1.55. The Bertz CT molecular complexity index is 482. The molecule has 0 amide bonds. The summed E-state index contributed by atoms with van der Waals surface area (Å²) in [6.45, 7) is 2.01. The summed E-state index contributed by atoms with van der Waals surface area (Å²) in [7, 11) is 0. The Morgan fingerprint density at radius 2 is 2.29 bits per heavy atom. The van der Waals surface area contributed by atoms with Crippen molar-refractivity contribution >= 4 is 16.9 Å². The third kappa shape index (κ3) is 1.18. The van der Waals surface area contributed by atoms with Gasteiger partial charge in [0.15, 0.2) is 0 Å². The van der Waals surface area contributed by atoms with Crippen LogP contribution in [0.1, 0.15) is 22.8 Å². The molecule has 1 heterocycles. The van der Waals surface area contributed by atoms with Gasteiger partial charge in [-0.2, -0.15) is 0 Å². The van der Waals surface area contributed by atoms with Crippen molar-refractivity contribution in [1.82, 2.24) is 0 Å². The predicted octanol–water partition coefficient (Wildman–Crippen LogP) is 2.69. The molecule has 14 heavy (non-hydrogen) atoms. The Morgan fingerprint density at radius 1 is 1.50 bits per heavy atom. The van der Waals surface area contributed by atoms with Crippen LogP contribution in [0.5, 0.6) is 0 Å². The summed E-state index contributed by atoms with van der Waals surface area (Å²) in [5.74, 6) is -0.951. The van der Waals surface area contributed by atoms with Crippen molar-refractivity contribution in [1.29, 1.82) is 0 Å². The SMILES string of the molecule is CCc1coc2c(C(=O)O)cccc12. The highest BCUT2D eigenvalue weighted by Crippen LogP contribution is 2.24. The fraction of sp³-hybridized carbons (Fsp3) is 0.182. The number of benzene rings is 1. The maximum atomic E-state index is 10.9. The van der Waals surface area contributed by atoms with Crippen molar-refractivity contribution < 1.29 is 14.3 Å².